The Bertz CT molecular complexity index is 540. The van der Waals surface area contributed by atoms with E-state index in [2.05, 4.69) is 27.2 Å². The number of nitrogens with one attached hydrogen (secondary N) is 1. The molecule has 0 saturated heterocycles. The van der Waals surface area contributed by atoms with Crippen LogP contribution in [0.15, 0.2) is 24.4 Å². The highest BCUT2D eigenvalue weighted by Gasteiger charge is 2.05. The number of ether oxygens (including phenoxy) is 1. The van der Waals surface area contributed by atoms with Gasteiger partial charge in [-0.05, 0) is 19.4 Å². The smallest absolute Gasteiger partial charge is 0.212 e. The van der Waals surface area contributed by atoms with Gasteiger partial charge in [0, 0.05) is 30.4 Å². The van der Waals surface area contributed by atoms with E-state index >= 15 is 0 Å². The first-order chi connectivity index (χ1) is 9.22. The molecule has 0 unspecified atom stereocenters. The van der Waals surface area contributed by atoms with Crippen molar-refractivity contribution < 1.29 is 4.74 Å². The van der Waals surface area contributed by atoms with Gasteiger partial charge < -0.3 is 10.1 Å². The first kappa shape index (κ1) is 13.3. The summed E-state index contributed by atoms with van der Waals surface area (Å²) in [6.45, 7) is 4.91. The Morgan fingerprint density at radius 3 is 2.74 bits per heavy atom. The molecule has 0 fully saturated rings. The van der Waals surface area contributed by atoms with Crippen molar-refractivity contribution in [3.63, 3.8) is 0 Å². The van der Waals surface area contributed by atoms with Crippen LogP contribution in [0.3, 0.4) is 0 Å². The molecule has 5 nitrogen and oxygen atoms in total. The molecule has 1 N–H and O–H groups in total. The fraction of sp³-hybridized carbons (Fsp3) is 0.357. The van der Waals surface area contributed by atoms with Crippen LogP contribution < -0.4 is 10.1 Å². The van der Waals surface area contributed by atoms with E-state index in [4.69, 9.17) is 4.74 Å². The molecule has 2 aromatic rings. The SMILES string of the molecule is CCCNc1cc(-c2ccc(OC)nc2)nc(C)n1. The average molecular weight is 258 g/mol. The van der Waals surface area contributed by atoms with Gasteiger partial charge in [0.25, 0.3) is 0 Å². The monoisotopic (exact) mass is 258 g/mol. The molecule has 0 aliphatic rings. The van der Waals surface area contributed by atoms with Crippen molar-refractivity contribution in [2.45, 2.75) is 20.3 Å². The summed E-state index contributed by atoms with van der Waals surface area (Å²) >= 11 is 0. The number of aromatic nitrogens is 3. The van der Waals surface area contributed by atoms with Crippen LogP contribution in [0.1, 0.15) is 19.2 Å². The summed E-state index contributed by atoms with van der Waals surface area (Å²) in [5.41, 5.74) is 1.81. The lowest BCUT2D eigenvalue weighted by molar-refractivity contribution is 0.398. The Hall–Kier alpha value is -2.17. The lowest BCUT2D eigenvalue weighted by Gasteiger charge is -2.08. The quantitative estimate of drug-likeness (QED) is 0.893. The maximum absolute atomic E-state index is 5.05. The van der Waals surface area contributed by atoms with Crippen LogP contribution >= 0.6 is 0 Å². The molecule has 0 radical (unpaired) electrons. The van der Waals surface area contributed by atoms with Gasteiger partial charge in [-0.25, -0.2) is 15.0 Å². The highest BCUT2D eigenvalue weighted by molar-refractivity contribution is 5.61. The van der Waals surface area contributed by atoms with Crippen LogP contribution in [0, 0.1) is 6.92 Å². The Labute approximate surface area is 113 Å². The number of rotatable bonds is 5. The van der Waals surface area contributed by atoms with Crippen molar-refractivity contribution in [1.82, 2.24) is 15.0 Å². The van der Waals surface area contributed by atoms with Gasteiger partial charge in [0.05, 0.1) is 12.8 Å². The molecule has 5 heteroatoms. The van der Waals surface area contributed by atoms with Crippen LogP contribution in [-0.2, 0) is 0 Å². The van der Waals surface area contributed by atoms with Crippen LogP contribution in [0.4, 0.5) is 5.82 Å². The lowest BCUT2D eigenvalue weighted by Crippen LogP contribution is -2.04. The molecule has 2 aromatic heterocycles. The van der Waals surface area contributed by atoms with Gasteiger partial charge in [0.15, 0.2) is 0 Å². The van der Waals surface area contributed by atoms with E-state index in [1.807, 2.05) is 25.1 Å². The van der Waals surface area contributed by atoms with E-state index in [9.17, 15) is 0 Å². The summed E-state index contributed by atoms with van der Waals surface area (Å²) in [6, 6.07) is 5.70. The molecule has 19 heavy (non-hydrogen) atoms. The van der Waals surface area contributed by atoms with Crippen molar-refractivity contribution in [2.75, 3.05) is 19.0 Å². The second kappa shape index (κ2) is 6.13. The van der Waals surface area contributed by atoms with Gasteiger partial charge in [0.1, 0.15) is 11.6 Å². The summed E-state index contributed by atoms with van der Waals surface area (Å²) in [5, 5.41) is 3.27. The number of hydrogen-bond acceptors (Lipinski definition) is 5. The topological polar surface area (TPSA) is 59.9 Å². The molecule has 0 spiro atoms. The second-order valence-electron chi connectivity index (χ2n) is 4.20. The van der Waals surface area contributed by atoms with E-state index in [1.165, 1.54) is 0 Å². The highest BCUT2D eigenvalue weighted by atomic mass is 16.5. The first-order valence-corrected chi connectivity index (χ1v) is 6.33. The van der Waals surface area contributed by atoms with Gasteiger partial charge >= 0.3 is 0 Å². The van der Waals surface area contributed by atoms with Crippen LogP contribution in [0.5, 0.6) is 5.88 Å². The minimum absolute atomic E-state index is 0.596. The van der Waals surface area contributed by atoms with Crippen molar-refractivity contribution in [2.24, 2.45) is 0 Å². The number of hydrogen-bond donors (Lipinski definition) is 1. The Morgan fingerprint density at radius 2 is 2.11 bits per heavy atom. The van der Waals surface area contributed by atoms with Gasteiger partial charge in [-0.3, -0.25) is 0 Å². The van der Waals surface area contributed by atoms with Gasteiger partial charge in [-0.2, -0.15) is 0 Å². The molecule has 2 heterocycles. The summed E-state index contributed by atoms with van der Waals surface area (Å²) in [6.07, 6.45) is 2.81. The molecule has 0 aliphatic carbocycles. The zero-order valence-corrected chi connectivity index (χ0v) is 11.5. The maximum Gasteiger partial charge on any atom is 0.212 e. The van der Waals surface area contributed by atoms with Crippen LogP contribution in [0.25, 0.3) is 11.3 Å². The van der Waals surface area contributed by atoms with E-state index in [0.29, 0.717) is 5.88 Å². The van der Waals surface area contributed by atoms with E-state index in [-0.39, 0.29) is 0 Å². The van der Waals surface area contributed by atoms with E-state index in [1.54, 1.807) is 13.3 Å². The predicted molar refractivity (Wildman–Crippen MR) is 75.3 cm³/mol. The second-order valence-corrected chi connectivity index (χ2v) is 4.20. The summed E-state index contributed by atoms with van der Waals surface area (Å²) in [7, 11) is 1.60. The summed E-state index contributed by atoms with van der Waals surface area (Å²) < 4.78 is 5.05. The van der Waals surface area contributed by atoms with Gasteiger partial charge in [0.2, 0.25) is 5.88 Å². The number of methoxy groups -OCH3 is 1. The molecule has 0 aromatic carbocycles. The third kappa shape index (κ3) is 3.40. The molecular weight excluding hydrogens is 240 g/mol. The Morgan fingerprint density at radius 1 is 1.26 bits per heavy atom. The number of aryl methyl sites for hydroxylation is 1. The average Bonchev–Trinajstić information content (AvgIpc) is 2.44. The predicted octanol–water partition coefficient (Wildman–Crippen LogP) is 2.68. The van der Waals surface area contributed by atoms with Crippen LogP contribution in [0.2, 0.25) is 0 Å². The van der Waals surface area contributed by atoms with Gasteiger partial charge in [-0.1, -0.05) is 6.92 Å². The van der Waals surface area contributed by atoms with Crippen molar-refractivity contribution in [3.8, 4) is 17.1 Å². The third-order valence-electron chi connectivity index (χ3n) is 2.64. The number of pyridine rings is 1. The maximum atomic E-state index is 5.05. The molecule has 0 saturated carbocycles. The van der Waals surface area contributed by atoms with E-state index < -0.39 is 0 Å². The number of anilines is 1. The normalized spacial score (nSPS) is 10.3. The molecule has 2 rings (SSSR count). The molecule has 0 atom stereocenters. The minimum Gasteiger partial charge on any atom is -0.481 e. The molecule has 0 aliphatic heterocycles. The van der Waals surface area contributed by atoms with Crippen molar-refractivity contribution >= 4 is 5.82 Å². The Kier molecular flexibility index (Phi) is 4.28. The molecule has 0 amide bonds. The lowest BCUT2D eigenvalue weighted by atomic mass is 10.2. The summed E-state index contributed by atoms with van der Waals surface area (Å²) in [5.74, 6) is 2.19. The third-order valence-corrected chi connectivity index (χ3v) is 2.64. The Balaban J connectivity index is 2.29. The molecule has 0 bridgehead atoms. The van der Waals surface area contributed by atoms with E-state index in [0.717, 1.165) is 35.9 Å². The standard InChI is InChI=1S/C14H18N4O/c1-4-7-15-13-8-12(17-10(2)18-13)11-5-6-14(19-3)16-9-11/h5-6,8-9H,4,7H2,1-3H3,(H,15,17,18). The number of nitrogens with zero attached hydrogens (tertiary/aromatic N) is 3. The zero-order valence-electron chi connectivity index (χ0n) is 11.5. The summed E-state index contributed by atoms with van der Waals surface area (Å²) in [4.78, 5) is 13.0. The first-order valence-electron chi connectivity index (χ1n) is 6.33. The fourth-order valence-corrected chi connectivity index (χ4v) is 1.71. The minimum atomic E-state index is 0.596. The molecule has 100 valence electrons. The van der Waals surface area contributed by atoms with Crippen molar-refractivity contribution in [1.29, 1.82) is 0 Å². The zero-order chi connectivity index (χ0) is 13.7. The largest absolute Gasteiger partial charge is 0.481 e. The highest BCUT2D eigenvalue weighted by Crippen LogP contribution is 2.20. The van der Waals surface area contributed by atoms with Crippen LogP contribution in [-0.4, -0.2) is 28.6 Å². The fourth-order valence-electron chi connectivity index (χ4n) is 1.71. The van der Waals surface area contributed by atoms with Crippen molar-refractivity contribution in [3.05, 3.63) is 30.2 Å². The molecular formula is C14H18N4O. The van der Waals surface area contributed by atoms with Gasteiger partial charge in [-0.15, -0.1) is 0 Å².